The van der Waals surface area contributed by atoms with Gasteiger partial charge in [-0.15, -0.1) is 0 Å². The van der Waals surface area contributed by atoms with Crippen molar-refractivity contribution in [2.24, 2.45) is 0 Å². The first kappa shape index (κ1) is 13.8. The van der Waals surface area contributed by atoms with Crippen LogP contribution in [0.1, 0.15) is 10.4 Å². The van der Waals surface area contributed by atoms with E-state index in [1.807, 2.05) is 0 Å². The molecular formula is C10H9Cl2NO4. The SMILES string of the molecule is O=C(NC(CO)C(=O)O)c1cc(Cl)cc(Cl)c1. The van der Waals surface area contributed by atoms with Gasteiger partial charge in [0.15, 0.2) is 6.04 Å². The molecule has 0 aliphatic rings. The molecule has 0 aromatic heterocycles. The molecule has 0 spiro atoms. The van der Waals surface area contributed by atoms with Crippen LogP contribution in [0.2, 0.25) is 10.0 Å². The van der Waals surface area contributed by atoms with Gasteiger partial charge in [-0.1, -0.05) is 23.2 Å². The van der Waals surface area contributed by atoms with Crippen LogP contribution in [0.3, 0.4) is 0 Å². The van der Waals surface area contributed by atoms with Crippen molar-refractivity contribution < 1.29 is 19.8 Å². The second kappa shape index (κ2) is 5.86. The third-order valence-corrected chi connectivity index (χ3v) is 2.35. The molecule has 0 aliphatic carbocycles. The average molecular weight is 278 g/mol. The third kappa shape index (κ3) is 3.89. The molecule has 17 heavy (non-hydrogen) atoms. The van der Waals surface area contributed by atoms with Gasteiger partial charge < -0.3 is 15.5 Å². The number of nitrogens with one attached hydrogen (secondary N) is 1. The molecule has 5 nitrogen and oxygen atoms in total. The van der Waals surface area contributed by atoms with E-state index in [0.29, 0.717) is 0 Å². The van der Waals surface area contributed by atoms with Gasteiger partial charge in [0.2, 0.25) is 0 Å². The van der Waals surface area contributed by atoms with E-state index in [4.69, 9.17) is 33.4 Å². The Hall–Kier alpha value is -1.30. The minimum absolute atomic E-state index is 0.127. The van der Waals surface area contributed by atoms with Gasteiger partial charge in [-0.25, -0.2) is 4.79 Å². The molecule has 0 aliphatic heterocycles. The molecule has 7 heteroatoms. The van der Waals surface area contributed by atoms with Crippen molar-refractivity contribution in [3.05, 3.63) is 33.8 Å². The Labute approximate surface area is 107 Å². The molecule has 1 aromatic carbocycles. The fourth-order valence-corrected chi connectivity index (χ4v) is 1.64. The quantitative estimate of drug-likeness (QED) is 0.771. The molecule has 0 fully saturated rings. The maximum atomic E-state index is 11.6. The summed E-state index contributed by atoms with van der Waals surface area (Å²) in [6.07, 6.45) is 0. The number of amides is 1. The van der Waals surface area contributed by atoms with Gasteiger partial charge in [-0.3, -0.25) is 4.79 Å². The van der Waals surface area contributed by atoms with Crippen LogP contribution >= 0.6 is 23.2 Å². The van der Waals surface area contributed by atoms with E-state index >= 15 is 0 Å². The molecule has 1 aromatic rings. The Morgan fingerprint density at radius 1 is 1.24 bits per heavy atom. The lowest BCUT2D eigenvalue weighted by Crippen LogP contribution is -2.43. The Bertz CT molecular complexity index is 430. The fraction of sp³-hybridized carbons (Fsp3) is 0.200. The van der Waals surface area contributed by atoms with Crippen LogP contribution in [-0.2, 0) is 4.79 Å². The number of aliphatic hydroxyl groups is 1. The lowest BCUT2D eigenvalue weighted by atomic mass is 10.2. The van der Waals surface area contributed by atoms with Gasteiger partial charge >= 0.3 is 5.97 Å². The lowest BCUT2D eigenvalue weighted by molar-refractivity contribution is -0.140. The summed E-state index contributed by atoms with van der Waals surface area (Å²) in [5, 5.41) is 20.1. The van der Waals surface area contributed by atoms with Crippen molar-refractivity contribution >= 4 is 35.1 Å². The van der Waals surface area contributed by atoms with Crippen LogP contribution < -0.4 is 5.32 Å². The number of rotatable bonds is 4. The first-order valence-corrected chi connectivity index (χ1v) is 5.30. The number of halogens is 2. The van der Waals surface area contributed by atoms with Crippen LogP contribution in [-0.4, -0.2) is 34.7 Å². The number of hydrogen-bond acceptors (Lipinski definition) is 3. The molecule has 92 valence electrons. The smallest absolute Gasteiger partial charge is 0.328 e. The molecule has 0 saturated heterocycles. The molecule has 0 saturated carbocycles. The molecule has 0 radical (unpaired) electrons. The third-order valence-electron chi connectivity index (χ3n) is 1.91. The maximum absolute atomic E-state index is 11.6. The van der Waals surface area contributed by atoms with Gasteiger partial charge in [0.05, 0.1) is 6.61 Å². The van der Waals surface area contributed by atoms with E-state index in [1.54, 1.807) is 0 Å². The number of carboxylic acid groups (broad SMARTS) is 1. The number of aliphatic carboxylic acids is 1. The summed E-state index contributed by atoms with van der Waals surface area (Å²) in [4.78, 5) is 22.2. The minimum atomic E-state index is -1.36. The monoisotopic (exact) mass is 277 g/mol. The number of carbonyl (C=O) groups excluding carboxylic acids is 1. The first-order chi connectivity index (χ1) is 7.93. The normalized spacial score (nSPS) is 11.9. The van der Waals surface area contributed by atoms with E-state index in [-0.39, 0.29) is 15.6 Å². The zero-order chi connectivity index (χ0) is 13.0. The maximum Gasteiger partial charge on any atom is 0.328 e. The molecule has 3 N–H and O–H groups in total. The van der Waals surface area contributed by atoms with Crippen molar-refractivity contribution in [2.75, 3.05) is 6.61 Å². The second-order valence-electron chi connectivity index (χ2n) is 3.20. The Morgan fingerprint density at radius 3 is 2.18 bits per heavy atom. The zero-order valence-corrected chi connectivity index (χ0v) is 10.00. The zero-order valence-electron chi connectivity index (χ0n) is 8.48. The van der Waals surface area contributed by atoms with Crippen LogP contribution in [0, 0.1) is 0 Å². The van der Waals surface area contributed by atoms with E-state index in [2.05, 4.69) is 5.32 Å². The fourth-order valence-electron chi connectivity index (χ4n) is 1.11. The highest BCUT2D eigenvalue weighted by Gasteiger charge is 2.19. The molecule has 1 atom stereocenters. The Kier molecular flexibility index (Phi) is 4.74. The number of carbonyl (C=O) groups is 2. The van der Waals surface area contributed by atoms with Gasteiger partial charge in [-0.05, 0) is 18.2 Å². The van der Waals surface area contributed by atoms with Crippen molar-refractivity contribution in [3.8, 4) is 0 Å². The minimum Gasteiger partial charge on any atom is -0.480 e. The number of aliphatic hydroxyl groups excluding tert-OH is 1. The van der Waals surface area contributed by atoms with Crippen molar-refractivity contribution in [2.45, 2.75) is 6.04 Å². The van der Waals surface area contributed by atoms with E-state index in [9.17, 15) is 9.59 Å². The average Bonchev–Trinajstić information content (AvgIpc) is 2.23. The topological polar surface area (TPSA) is 86.6 Å². The van der Waals surface area contributed by atoms with Crippen LogP contribution in [0.4, 0.5) is 0 Å². The second-order valence-corrected chi connectivity index (χ2v) is 4.08. The molecule has 0 heterocycles. The van der Waals surface area contributed by atoms with Crippen LogP contribution in [0.25, 0.3) is 0 Å². The summed E-state index contributed by atoms with van der Waals surface area (Å²) in [6, 6.07) is 2.78. The first-order valence-electron chi connectivity index (χ1n) is 4.54. The predicted octanol–water partition coefficient (Wildman–Crippen LogP) is 1.17. The molecule has 1 amide bonds. The van der Waals surface area contributed by atoms with E-state index < -0.39 is 24.5 Å². The van der Waals surface area contributed by atoms with Gasteiger partial charge in [0.25, 0.3) is 5.91 Å². The van der Waals surface area contributed by atoms with Gasteiger partial charge in [0, 0.05) is 15.6 Å². The Balaban J connectivity index is 2.86. The van der Waals surface area contributed by atoms with Crippen LogP contribution in [0.15, 0.2) is 18.2 Å². The van der Waals surface area contributed by atoms with Crippen molar-refractivity contribution in [1.29, 1.82) is 0 Å². The van der Waals surface area contributed by atoms with Crippen molar-refractivity contribution in [1.82, 2.24) is 5.32 Å². The number of carboxylic acids is 1. The van der Waals surface area contributed by atoms with Gasteiger partial charge in [-0.2, -0.15) is 0 Å². The van der Waals surface area contributed by atoms with Crippen molar-refractivity contribution in [3.63, 3.8) is 0 Å². The highest BCUT2D eigenvalue weighted by molar-refractivity contribution is 6.35. The largest absolute Gasteiger partial charge is 0.480 e. The highest BCUT2D eigenvalue weighted by Crippen LogP contribution is 2.18. The lowest BCUT2D eigenvalue weighted by Gasteiger charge is -2.11. The highest BCUT2D eigenvalue weighted by atomic mass is 35.5. The van der Waals surface area contributed by atoms with E-state index in [1.165, 1.54) is 18.2 Å². The van der Waals surface area contributed by atoms with Crippen LogP contribution in [0.5, 0.6) is 0 Å². The number of hydrogen-bond donors (Lipinski definition) is 3. The summed E-state index contributed by atoms with van der Waals surface area (Å²) in [7, 11) is 0. The molecular weight excluding hydrogens is 269 g/mol. The summed E-state index contributed by atoms with van der Waals surface area (Å²) < 4.78 is 0. The standard InChI is InChI=1S/C10H9Cl2NO4/c11-6-1-5(2-7(12)3-6)9(15)13-8(4-14)10(16)17/h1-3,8,14H,4H2,(H,13,15)(H,16,17). The summed E-state index contributed by atoms with van der Waals surface area (Å²) >= 11 is 11.4. The molecule has 1 rings (SSSR count). The molecule has 0 bridgehead atoms. The summed E-state index contributed by atoms with van der Waals surface area (Å²) in [5.74, 6) is -2.00. The van der Waals surface area contributed by atoms with Gasteiger partial charge in [0.1, 0.15) is 0 Å². The summed E-state index contributed by atoms with van der Waals surface area (Å²) in [6.45, 7) is -0.699. The number of benzene rings is 1. The summed E-state index contributed by atoms with van der Waals surface area (Å²) in [5.41, 5.74) is 0.127. The molecule has 1 unspecified atom stereocenters. The van der Waals surface area contributed by atoms with E-state index in [0.717, 1.165) is 0 Å². The Morgan fingerprint density at radius 2 is 1.76 bits per heavy atom. The predicted molar refractivity (Wildman–Crippen MR) is 62.4 cm³/mol.